The third kappa shape index (κ3) is 7.01. The third-order valence-corrected chi connectivity index (χ3v) is 3.57. The van der Waals surface area contributed by atoms with Crippen molar-refractivity contribution in [2.24, 2.45) is 0 Å². The lowest BCUT2D eigenvalue weighted by atomic mass is 10.1. The molecule has 4 heteroatoms. The fourth-order valence-electron chi connectivity index (χ4n) is 1.64. The number of hydrogen-bond donors (Lipinski definition) is 2. The van der Waals surface area contributed by atoms with Crippen LogP contribution in [0.1, 0.15) is 17.5 Å². The molecule has 0 spiro atoms. The summed E-state index contributed by atoms with van der Waals surface area (Å²) in [4.78, 5) is 0. The molecule has 1 aromatic carbocycles. The maximum absolute atomic E-state index is 8.65. The normalized spacial score (nSPS) is 10.8. The van der Waals surface area contributed by atoms with Crippen LogP contribution in [0.4, 0.5) is 0 Å². The van der Waals surface area contributed by atoms with Gasteiger partial charge < -0.3 is 15.2 Å². The first-order valence-corrected chi connectivity index (χ1v) is 7.48. The van der Waals surface area contributed by atoms with Crippen LogP contribution in [0.15, 0.2) is 24.3 Å². The number of aliphatic hydroxyl groups excluding tert-OH is 1. The predicted molar refractivity (Wildman–Crippen MR) is 77.9 cm³/mol. The molecule has 0 unspecified atom stereocenters. The summed E-state index contributed by atoms with van der Waals surface area (Å²) in [6, 6.07) is 8.46. The molecule has 102 valence electrons. The zero-order valence-electron chi connectivity index (χ0n) is 11.0. The van der Waals surface area contributed by atoms with Crippen LogP contribution in [0.25, 0.3) is 0 Å². The van der Waals surface area contributed by atoms with Gasteiger partial charge in [0.2, 0.25) is 0 Å². The van der Waals surface area contributed by atoms with Crippen LogP contribution < -0.4 is 5.32 Å². The van der Waals surface area contributed by atoms with Gasteiger partial charge in [-0.1, -0.05) is 24.3 Å². The van der Waals surface area contributed by atoms with E-state index < -0.39 is 0 Å². The Morgan fingerprint density at radius 1 is 1.28 bits per heavy atom. The van der Waals surface area contributed by atoms with E-state index in [0.717, 1.165) is 31.0 Å². The van der Waals surface area contributed by atoms with E-state index in [-0.39, 0.29) is 0 Å². The molecule has 0 fully saturated rings. The van der Waals surface area contributed by atoms with Crippen LogP contribution in [0, 0.1) is 0 Å². The van der Waals surface area contributed by atoms with E-state index in [1.807, 2.05) is 11.8 Å². The van der Waals surface area contributed by atoms with Crippen molar-refractivity contribution >= 4 is 11.8 Å². The zero-order chi connectivity index (χ0) is 13.1. The van der Waals surface area contributed by atoms with Crippen molar-refractivity contribution in [3.63, 3.8) is 0 Å². The van der Waals surface area contributed by atoms with Gasteiger partial charge in [-0.3, -0.25) is 0 Å². The van der Waals surface area contributed by atoms with Gasteiger partial charge in [0.05, 0.1) is 6.61 Å². The fraction of sp³-hybridized carbons (Fsp3) is 0.571. The summed E-state index contributed by atoms with van der Waals surface area (Å²) in [6.07, 6.45) is 0.893. The van der Waals surface area contributed by atoms with Gasteiger partial charge in [-0.05, 0) is 23.3 Å². The fourth-order valence-corrected chi connectivity index (χ4v) is 2.47. The lowest BCUT2D eigenvalue weighted by Gasteiger charge is -2.06. The molecule has 0 amide bonds. The van der Waals surface area contributed by atoms with E-state index in [9.17, 15) is 0 Å². The molecule has 0 bridgehead atoms. The van der Waals surface area contributed by atoms with E-state index in [0.29, 0.717) is 13.2 Å². The lowest BCUT2D eigenvalue weighted by molar-refractivity contribution is 0.185. The molecule has 0 saturated heterocycles. The number of thioether (sulfide) groups is 1. The summed E-state index contributed by atoms with van der Waals surface area (Å²) in [5.41, 5.74) is 2.51. The highest BCUT2D eigenvalue weighted by Crippen LogP contribution is 2.06. The Hall–Kier alpha value is -0.550. The van der Waals surface area contributed by atoms with E-state index in [1.54, 1.807) is 7.11 Å². The first-order valence-electron chi connectivity index (χ1n) is 6.33. The second-order valence-corrected chi connectivity index (χ2v) is 5.34. The third-order valence-electron chi connectivity index (χ3n) is 2.50. The summed E-state index contributed by atoms with van der Waals surface area (Å²) in [7, 11) is 1.72. The number of hydrogen-bond acceptors (Lipinski definition) is 4. The van der Waals surface area contributed by atoms with Gasteiger partial charge >= 0.3 is 0 Å². The summed E-state index contributed by atoms with van der Waals surface area (Å²) in [5, 5.41) is 12.1. The van der Waals surface area contributed by atoms with E-state index >= 15 is 0 Å². The highest BCUT2D eigenvalue weighted by atomic mass is 32.2. The van der Waals surface area contributed by atoms with Gasteiger partial charge in [-0.25, -0.2) is 0 Å². The van der Waals surface area contributed by atoms with Gasteiger partial charge in [-0.2, -0.15) is 11.8 Å². The Bertz CT molecular complexity index is 320. The van der Waals surface area contributed by atoms with Crippen molar-refractivity contribution < 1.29 is 9.84 Å². The van der Waals surface area contributed by atoms with Crippen molar-refractivity contribution in [3.8, 4) is 0 Å². The second-order valence-electron chi connectivity index (χ2n) is 4.12. The standard InChI is InChI=1S/C14H23NO2S/c1-17-12-14-5-2-4-13(10-14)11-15-6-9-18-8-3-7-16/h2,4-5,10,15-16H,3,6-9,11-12H2,1H3. The Labute approximate surface area is 114 Å². The van der Waals surface area contributed by atoms with Crippen molar-refractivity contribution in [2.75, 3.05) is 31.8 Å². The van der Waals surface area contributed by atoms with Crippen LogP contribution in [0.5, 0.6) is 0 Å². The molecule has 0 aliphatic rings. The first kappa shape index (κ1) is 15.5. The molecular weight excluding hydrogens is 246 g/mol. The number of rotatable bonds is 10. The summed E-state index contributed by atoms with van der Waals surface area (Å²) in [6.45, 7) is 2.88. The SMILES string of the molecule is COCc1cccc(CNCCSCCCO)c1. The molecule has 0 aliphatic carbocycles. The summed E-state index contributed by atoms with van der Waals surface area (Å²) >= 11 is 1.88. The first-order chi connectivity index (χ1) is 8.86. The smallest absolute Gasteiger partial charge is 0.0713 e. The number of ether oxygens (including phenoxy) is 1. The topological polar surface area (TPSA) is 41.5 Å². The van der Waals surface area contributed by atoms with Crippen LogP contribution in [0.2, 0.25) is 0 Å². The molecule has 3 nitrogen and oxygen atoms in total. The molecule has 0 aliphatic heterocycles. The number of methoxy groups -OCH3 is 1. The van der Waals surface area contributed by atoms with Crippen molar-refractivity contribution in [1.29, 1.82) is 0 Å². The quantitative estimate of drug-likeness (QED) is 0.638. The molecule has 1 aromatic rings. The average Bonchev–Trinajstić information content (AvgIpc) is 2.39. The maximum atomic E-state index is 8.65. The van der Waals surface area contributed by atoms with Crippen molar-refractivity contribution in [2.45, 2.75) is 19.6 Å². The van der Waals surface area contributed by atoms with Crippen LogP contribution in [-0.2, 0) is 17.9 Å². The summed E-state index contributed by atoms with van der Waals surface area (Å²) in [5.74, 6) is 2.14. The van der Waals surface area contributed by atoms with Crippen LogP contribution in [-0.4, -0.2) is 36.9 Å². The van der Waals surface area contributed by atoms with Gasteiger partial charge in [-0.15, -0.1) is 0 Å². The minimum Gasteiger partial charge on any atom is -0.396 e. The minimum atomic E-state index is 0.298. The van der Waals surface area contributed by atoms with E-state index in [2.05, 4.69) is 29.6 Å². The van der Waals surface area contributed by atoms with Gasteiger partial charge in [0, 0.05) is 32.6 Å². The molecule has 1 rings (SSSR count). The highest BCUT2D eigenvalue weighted by Gasteiger charge is 1.96. The highest BCUT2D eigenvalue weighted by molar-refractivity contribution is 7.99. The van der Waals surface area contributed by atoms with Crippen molar-refractivity contribution in [3.05, 3.63) is 35.4 Å². The Morgan fingerprint density at radius 3 is 2.89 bits per heavy atom. The molecule has 0 saturated carbocycles. The summed E-state index contributed by atoms with van der Waals surface area (Å²) < 4.78 is 5.12. The lowest BCUT2D eigenvalue weighted by Crippen LogP contribution is -2.16. The molecule has 2 N–H and O–H groups in total. The average molecular weight is 269 g/mol. The minimum absolute atomic E-state index is 0.298. The van der Waals surface area contributed by atoms with E-state index in [1.165, 1.54) is 11.1 Å². The molecular formula is C14H23NO2S. The van der Waals surface area contributed by atoms with E-state index in [4.69, 9.17) is 9.84 Å². The van der Waals surface area contributed by atoms with Gasteiger partial charge in [0.1, 0.15) is 0 Å². The molecule has 18 heavy (non-hydrogen) atoms. The maximum Gasteiger partial charge on any atom is 0.0713 e. The van der Waals surface area contributed by atoms with Gasteiger partial charge in [0.15, 0.2) is 0 Å². The van der Waals surface area contributed by atoms with Crippen LogP contribution >= 0.6 is 11.8 Å². The predicted octanol–water partition coefficient (Wildman–Crippen LogP) is 2.04. The molecule has 0 heterocycles. The molecule has 0 atom stereocenters. The molecule has 0 radical (unpaired) electrons. The van der Waals surface area contributed by atoms with Gasteiger partial charge in [0.25, 0.3) is 0 Å². The zero-order valence-corrected chi connectivity index (χ0v) is 11.8. The van der Waals surface area contributed by atoms with Crippen LogP contribution in [0.3, 0.4) is 0 Å². The number of benzene rings is 1. The largest absolute Gasteiger partial charge is 0.396 e. The monoisotopic (exact) mass is 269 g/mol. The second kappa shape index (κ2) is 10.4. The number of aliphatic hydroxyl groups is 1. The Balaban J connectivity index is 2.13. The molecule has 0 aromatic heterocycles. The Kier molecular flexibility index (Phi) is 8.94. The van der Waals surface area contributed by atoms with Crippen molar-refractivity contribution in [1.82, 2.24) is 5.32 Å². The number of nitrogens with one attached hydrogen (secondary N) is 1. The Morgan fingerprint density at radius 2 is 2.11 bits per heavy atom.